The van der Waals surface area contributed by atoms with Crippen molar-refractivity contribution >= 4 is 39.1 Å². The molecule has 0 saturated carbocycles. The van der Waals surface area contributed by atoms with E-state index in [0.717, 1.165) is 33.6 Å². The molecule has 0 aromatic heterocycles. The fourth-order valence-electron chi connectivity index (χ4n) is 3.80. The number of carbonyl (C=O) groups is 2. The Balaban J connectivity index is 1.91. The molecule has 0 radical (unpaired) electrons. The molecule has 3 aromatic rings. The molecule has 0 aliphatic carbocycles. The van der Waals surface area contributed by atoms with Gasteiger partial charge in [-0.1, -0.05) is 40.2 Å². The number of benzene rings is 3. The van der Waals surface area contributed by atoms with Crippen LogP contribution in [0.2, 0.25) is 0 Å². The number of aliphatic hydroxyl groups is 1. The largest absolute Gasteiger partial charge is 0.507 e. The second-order valence-electron chi connectivity index (χ2n) is 7.50. The number of nitrogens with zero attached hydrogens (tertiary/aromatic N) is 1. The van der Waals surface area contributed by atoms with E-state index in [1.54, 1.807) is 48.5 Å². The Kier molecular flexibility index (Phi) is 6.22. The van der Waals surface area contributed by atoms with Gasteiger partial charge < -0.3 is 9.84 Å². The van der Waals surface area contributed by atoms with E-state index in [1.807, 2.05) is 0 Å². The zero-order chi connectivity index (χ0) is 24.6. The lowest BCUT2D eigenvalue weighted by Gasteiger charge is -2.26. The molecule has 3 aromatic carbocycles. The third-order valence-electron chi connectivity index (χ3n) is 5.44. The van der Waals surface area contributed by atoms with Crippen molar-refractivity contribution in [1.82, 2.24) is 0 Å². The third-order valence-corrected chi connectivity index (χ3v) is 5.97. The van der Waals surface area contributed by atoms with Gasteiger partial charge in [-0.05, 0) is 54.1 Å². The molecule has 1 N–H and O–H groups in total. The number of alkyl halides is 3. The van der Waals surface area contributed by atoms with Gasteiger partial charge in [0.25, 0.3) is 11.7 Å². The van der Waals surface area contributed by atoms with Crippen LogP contribution in [0.3, 0.4) is 0 Å². The quantitative estimate of drug-likeness (QED) is 0.251. The fourth-order valence-corrected chi connectivity index (χ4v) is 4.06. The smallest absolute Gasteiger partial charge is 0.416 e. The number of Topliss-reactive ketones (excluding diaryl/α,β-unsaturated/α-hetero) is 1. The van der Waals surface area contributed by atoms with Gasteiger partial charge >= 0.3 is 6.18 Å². The SMILES string of the molecule is COc1cccc(C2/C(=C(\O)c3ccc(Br)cc3)C(=O)C(=O)N2c2ccc(C(F)(F)F)cc2)c1. The number of hydrogen-bond acceptors (Lipinski definition) is 4. The summed E-state index contributed by atoms with van der Waals surface area (Å²) < 4.78 is 45.2. The first kappa shape index (κ1) is 23.6. The summed E-state index contributed by atoms with van der Waals surface area (Å²) in [5.41, 5.74) is -0.238. The van der Waals surface area contributed by atoms with Crippen LogP contribution in [0.15, 0.2) is 82.8 Å². The average Bonchev–Trinajstić information content (AvgIpc) is 3.09. The number of hydrogen-bond donors (Lipinski definition) is 1. The van der Waals surface area contributed by atoms with Crippen molar-refractivity contribution in [2.24, 2.45) is 0 Å². The van der Waals surface area contributed by atoms with Gasteiger partial charge in [0.2, 0.25) is 0 Å². The van der Waals surface area contributed by atoms with E-state index < -0.39 is 35.2 Å². The lowest BCUT2D eigenvalue weighted by atomic mass is 9.95. The van der Waals surface area contributed by atoms with Crippen LogP contribution in [-0.4, -0.2) is 23.9 Å². The molecule has 9 heteroatoms. The number of halogens is 4. The van der Waals surface area contributed by atoms with Crippen molar-refractivity contribution in [2.45, 2.75) is 12.2 Å². The van der Waals surface area contributed by atoms with E-state index in [0.29, 0.717) is 16.9 Å². The summed E-state index contributed by atoms with van der Waals surface area (Å²) in [5, 5.41) is 11.1. The molecule has 34 heavy (non-hydrogen) atoms. The highest BCUT2D eigenvalue weighted by molar-refractivity contribution is 9.10. The van der Waals surface area contributed by atoms with Crippen LogP contribution < -0.4 is 9.64 Å². The monoisotopic (exact) mass is 531 g/mol. The molecule has 1 aliphatic heterocycles. The molecular formula is C25H17BrF3NO4. The van der Waals surface area contributed by atoms with Crippen molar-refractivity contribution in [3.63, 3.8) is 0 Å². The Morgan fingerprint density at radius 1 is 1.00 bits per heavy atom. The van der Waals surface area contributed by atoms with Crippen molar-refractivity contribution in [3.8, 4) is 5.75 Å². The van der Waals surface area contributed by atoms with E-state index >= 15 is 0 Å². The summed E-state index contributed by atoms with van der Waals surface area (Å²) in [5.74, 6) is -1.87. The number of amides is 1. The maximum absolute atomic E-state index is 13.1. The maximum Gasteiger partial charge on any atom is 0.416 e. The fraction of sp³-hybridized carbons (Fsp3) is 0.120. The lowest BCUT2D eigenvalue weighted by molar-refractivity contribution is -0.137. The maximum atomic E-state index is 13.1. The first-order chi connectivity index (χ1) is 16.1. The highest BCUT2D eigenvalue weighted by Crippen LogP contribution is 2.43. The highest BCUT2D eigenvalue weighted by Gasteiger charge is 2.47. The summed E-state index contributed by atoms with van der Waals surface area (Å²) in [7, 11) is 1.45. The second-order valence-corrected chi connectivity index (χ2v) is 8.41. The number of rotatable bonds is 4. The van der Waals surface area contributed by atoms with Gasteiger partial charge in [0, 0.05) is 15.7 Å². The molecule has 1 amide bonds. The molecule has 1 fully saturated rings. The first-order valence-electron chi connectivity index (χ1n) is 10.00. The number of ketones is 1. The van der Waals surface area contributed by atoms with Crippen LogP contribution in [0.25, 0.3) is 5.76 Å². The normalized spacial score (nSPS) is 17.8. The van der Waals surface area contributed by atoms with Gasteiger partial charge in [-0.25, -0.2) is 0 Å². The van der Waals surface area contributed by atoms with Gasteiger partial charge in [-0.15, -0.1) is 0 Å². The summed E-state index contributed by atoms with van der Waals surface area (Å²) in [6.07, 6.45) is -4.56. The summed E-state index contributed by atoms with van der Waals surface area (Å²) in [6, 6.07) is 15.9. The number of methoxy groups -OCH3 is 1. The number of aliphatic hydroxyl groups excluding tert-OH is 1. The van der Waals surface area contributed by atoms with Crippen LogP contribution in [0.5, 0.6) is 5.75 Å². The van der Waals surface area contributed by atoms with Crippen LogP contribution in [-0.2, 0) is 15.8 Å². The van der Waals surface area contributed by atoms with Gasteiger partial charge in [0.05, 0.1) is 24.3 Å². The van der Waals surface area contributed by atoms with Crippen LogP contribution >= 0.6 is 15.9 Å². The van der Waals surface area contributed by atoms with Crippen molar-refractivity contribution in [3.05, 3.63) is 99.5 Å². The Bertz CT molecular complexity index is 1280. The molecular weight excluding hydrogens is 515 g/mol. The summed E-state index contributed by atoms with van der Waals surface area (Å²) in [6.45, 7) is 0. The zero-order valence-electron chi connectivity index (χ0n) is 17.6. The molecule has 1 saturated heterocycles. The van der Waals surface area contributed by atoms with Gasteiger partial charge in [-0.3, -0.25) is 14.5 Å². The molecule has 0 spiro atoms. The molecule has 1 heterocycles. The molecule has 1 unspecified atom stereocenters. The predicted molar refractivity (Wildman–Crippen MR) is 123 cm³/mol. The van der Waals surface area contributed by atoms with E-state index in [9.17, 15) is 27.9 Å². The van der Waals surface area contributed by atoms with Gasteiger partial charge in [0.15, 0.2) is 0 Å². The minimum absolute atomic E-state index is 0.0813. The Hall–Kier alpha value is -3.59. The molecule has 1 atom stereocenters. The van der Waals surface area contributed by atoms with E-state index in [1.165, 1.54) is 7.11 Å². The second kappa shape index (κ2) is 8.98. The van der Waals surface area contributed by atoms with Crippen molar-refractivity contribution in [2.75, 3.05) is 12.0 Å². The number of carbonyl (C=O) groups excluding carboxylic acids is 2. The molecule has 174 valence electrons. The van der Waals surface area contributed by atoms with Crippen molar-refractivity contribution in [1.29, 1.82) is 0 Å². The Morgan fingerprint density at radius 2 is 1.65 bits per heavy atom. The molecule has 0 bridgehead atoms. The predicted octanol–water partition coefficient (Wildman–Crippen LogP) is 6.10. The van der Waals surface area contributed by atoms with Gasteiger partial charge in [-0.2, -0.15) is 13.2 Å². The highest BCUT2D eigenvalue weighted by atomic mass is 79.9. The first-order valence-corrected chi connectivity index (χ1v) is 10.8. The van der Waals surface area contributed by atoms with Crippen LogP contribution in [0.4, 0.5) is 18.9 Å². The topological polar surface area (TPSA) is 66.8 Å². The Morgan fingerprint density at radius 3 is 2.24 bits per heavy atom. The molecule has 4 rings (SSSR count). The van der Waals surface area contributed by atoms with Gasteiger partial charge in [0.1, 0.15) is 11.5 Å². The van der Waals surface area contributed by atoms with E-state index in [-0.39, 0.29) is 11.3 Å². The van der Waals surface area contributed by atoms with E-state index in [4.69, 9.17) is 4.74 Å². The Labute approximate surface area is 201 Å². The average molecular weight is 532 g/mol. The molecule has 5 nitrogen and oxygen atoms in total. The standard InChI is InChI=1S/C25H17BrF3NO4/c1-34-19-4-2-3-15(13-19)21-20(22(31)14-5-9-17(26)10-6-14)23(32)24(33)30(21)18-11-7-16(8-12-18)25(27,28)29/h2-13,21,31H,1H3/b22-20+. The van der Waals surface area contributed by atoms with Crippen LogP contribution in [0, 0.1) is 0 Å². The minimum Gasteiger partial charge on any atom is -0.507 e. The van der Waals surface area contributed by atoms with E-state index in [2.05, 4.69) is 15.9 Å². The zero-order valence-corrected chi connectivity index (χ0v) is 19.2. The molecule has 1 aliphatic rings. The number of anilines is 1. The van der Waals surface area contributed by atoms with Crippen molar-refractivity contribution < 1.29 is 32.6 Å². The summed E-state index contributed by atoms with van der Waals surface area (Å²) in [4.78, 5) is 27.3. The lowest BCUT2D eigenvalue weighted by Crippen LogP contribution is -2.29. The minimum atomic E-state index is -4.56. The number of ether oxygens (including phenoxy) is 1. The third kappa shape index (κ3) is 4.31. The summed E-state index contributed by atoms with van der Waals surface area (Å²) >= 11 is 3.30. The van der Waals surface area contributed by atoms with Crippen LogP contribution in [0.1, 0.15) is 22.7 Å².